The van der Waals surface area contributed by atoms with Crippen LogP contribution in [-0.2, 0) is 10.0 Å². The van der Waals surface area contributed by atoms with Gasteiger partial charge in [0, 0.05) is 0 Å². The van der Waals surface area contributed by atoms with Crippen LogP contribution in [0.2, 0.25) is 5.21 Å². The molecule has 0 saturated carbocycles. The van der Waals surface area contributed by atoms with Gasteiger partial charge < -0.3 is 0 Å². The van der Waals surface area contributed by atoms with E-state index in [1.165, 1.54) is 15.0 Å². The number of nitrogens with one attached hydrogen (secondary N) is 1. The molecule has 0 aliphatic heterocycles. The summed E-state index contributed by atoms with van der Waals surface area (Å²) < 4.78 is 29.4. The summed E-state index contributed by atoms with van der Waals surface area (Å²) in [7, 11) is -3.31. The average Bonchev–Trinajstić information content (AvgIpc) is 2.66. The maximum absolute atomic E-state index is 12.0. The predicted octanol–water partition coefficient (Wildman–Crippen LogP) is 2.59. The van der Waals surface area contributed by atoms with Crippen molar-refractivity contribution in [3.8, 4) is 0 Å². The molecule has 0 unspecified atom stereocenters. The number of benzene rings is 3. The fourth-order valence-corrected chi connectivity index (χ4v) is 9.06. The first-order valence-electron chi connectivity index (χ1n) is 8.43. The molecule has 3 nitrogen and oxygen atoms in total. The van der Waals surface area contributed by atoms with E-state index >= 15 is 0 Å². The molecule has 3 rings (SSSR count). The van der Waals surface area contributed by atoms with Crippen LogP contribution >= 0.6 is 0 Å². The first kappa shape index (κ1) is 18.9. The van der Waals surface area contributed by atoms with Crippen LogP contribution in [0.1, 0.15) is 11.6 Å². The Morgan fingerprint density at radius 3 is 1.62 bits per heavy atom. The van der Waals surface area contributed by atoms with Gasteiger partial charge in [-0.05, 0) is 0 Å². The quantitative estimate of drug-likeness (QED) is 0.590. The van der Waals surface area contributed by atoms with Crippen LogP contribution in [0.3, 0.4) is 0 Å². The Morgan fingerprint density at radius 1 is 0.769 bits per heavy atom. The molecule has 134 valence electrons. The van der Waals surface area contributed by atoms with Crippen molar-refractivity contribution in [3.05, 3.63) is 96.6 Å². The third-order valence-electron chi connectivity index (χ3n) is 4.06. The van der Waals surface area contributed by atoms with Gasteiger partial charge in [0.15, 0.2) is 0 Å². The average molecular weight is 427 g/mol. The Bertz CT molecular complexity index is 876. The van der Waals surface area contributed by atoms with E-state index in [1.54, 1.807) is 0 Å². The van der Waals surface area contributed by atoms with Crippen molar-refractivity contribution in [2.45, 2.75) is 11.3 Å². The molecule has 3 aromatic carbocycles. The molecule has 0 amide bonds. The second-order valence-corrected chi connectivity index (χ2v) is 12.6. The molecule has 0 aromatic heterocycles. The first-order chi connectivity index (χ1) is 12.5. The van der Waals surface area contributed by atoms with Crippen LogP contribution in [0.5, 0.6) is 0 Å². The summed E-state index contributed by atoms with van der Waals surface area (Å²) in [5.74, 6) is 0. The molecule has 0 fully saturated rings. The third kappa shape index (κ3) is 5.31. The second-order valence-electron chi connectivity index (χ2n) is 6.13. The summed E-state index contributed by atoms with van der Waals surface area (Å²) in [4.78, 5) is 0. The first-order valence-corrected chi connectivity index (χ1v) is 13.5. The Balaban J connectivity index is 1.99. The minimum absolute atomic E-state index is 0.230. The van der Waals surface area contributed by atoms with Crippen molar-refractivity contribution in [1.82, 2.24) is 4.72 Å². The second kappa shape index (κ2) is 8.68. The van der Waals surface area contributed by atoms with E-state index in [0.717, 1.165) is 10.8 Å². The summed E-state index contributed by atoms with van der Waals surface area (Å²) in [6.45, 7) is 0. The summed E-state index contributed by atoms with van der Waals surface area (Å²) >= 11 is -1.68. The van der Waals surface area contributed by atoms with Crippen LogP contribution in [0.25, 0.3) is 0 Å². The number of hydrogen-bond acceptors (Lipinski definition) is 2. The van der Waals surface area contributed by atoms with Crippen molar-refractivity contribution < 1.29 is 8.42 Å². The fraction of sp³-hybridized carbons (Fsp3) is 0.143. The van der Waals surface area contributed by atoms with E-state index in [-0.39, 0.29) is 6.04 Å². The van der Waals surface area contributed by atoms with Gasteiger partial charge in [-0.1, -0.05) is 0 Å². The normalized spacial score (nSPS) is 12.8. The van der Waals surface area contributed by atoms with Crippen molar-refractivity contribution in [2.24, 2.45) is 0 Å². The van der Waals surface area contributed by atoms with E-state index in [4.69, 9.17) is 0 Å². The van der Waals surface area contributed by atoms with Gasteiger partial charge in [0.1, 0.15) is 0 Å². The van der Waals surface area contributed by atoms with Gasteiger partial charge >= 0.3 is 161 Å². The van der Waals surface area contributed by atoms with Crippen molar-refractivity contribution in [1.29, 1.82) is 0 Å². The zero-order valence-corrected chi connectivity index (χ0v) is 17.3. The van der Waals surface area contributed by atoms with E-state index in [1.807, 2.05) is 42.5 Å². The van der Waals surface area contributed by atoms with Gasteiger partial charge in [-0.3, -0.25) is 0 Å². The molecular formula is C21H22AsNO2S. The maximum atomic E-state index is 12.0. The van der Waals surface area contributed by atoms with E-state index < -0.39 is 24.7 Å². The molecule has 0 aliphatic rings. The summed E-state index contributed by atoms with van der Waals surface area (Å²) in [6.07, 6.45) is 1.23. The third-order valence-corrected chi connectivity index (χ3v) is 10.2. The zero-order valence-electron chi connectivity index (χ0n) is 14.6. The number of rotatable bonds is 7. The van der Waals surface area contributed by atoms with Gasteiger partial charge in [-0.25, -0.2) is 0 Å². The summed E-state index contributed by atoms with van der Waals surface area (Å²) in [5, 5.41) is 0.790. The van der Waals surface area contributed by atoms with Crippen molar-refractivity contribution in [2.75, 3.05) is 6.26 Å². The van der Waals surface area contributed by atoms with Crippen LogP contribution in [-0.4, -0.2) is 29.3 Å². The van der Waals surface area contributed by atoms with Crippen LogP contribution in [0.15, 0.2) is 91.0 Å². The van der Waals surface area contributed by atoms with Crippen molar-refractivity contribution >= 4 is 33.4 Å². The van der Waals surface area contributed by atoms with E-state index in [2.05, 4.69) is 53.3 Å². The van der Waals surface area contributed by atoms with Gasteiger partial charge in [0.25, 0.3) is 0 Å². The summed E-state index contributed by atoms with van der Waals surface area (Å²) in [5.41, 5.74) is 1.00. The molecule has 0 aliphatic carbocycles. The fourth-order valence-electron chi connectivity index (χ4n) is 2.91. The van der Waals surface area contributed by atoms with E-state index in [0.29, 0.717) is 0 Å². The van der Waals surface area contributed by atoms with E-state index in [9.17, 15) is 8.42 Å². The molecule has 5 heteroatoms. The molecule has 0 spiro atoms. The zero-order chi connectivity index (χ0) is 18.4. The minimum atomic E-state index is -3.31. The Labute approximate surface area is 160 Å². The molecule has 1 atom stereocenters. The SMILES string of the molecule is CS(=O)(=O)N[C@H](C[As](c1ccccc1)c1ccccc1)c1ccccc1. The predicted molar refractivity (Wildman–Crippen MR) is 110 cm³/mol. The monoisotopic (exact) mass is 427 g/mol. The molecule has 0 heterocycles. The molecule has 0 bridgehead atoms. The Morgan fingerprint density at radius 2 is 1.19 bits per heavy atom. The van der Waals surface area contributed by atoms with Gasteiger partial charge in [-0.15, -0.1) is 0 Å². The Kier molecular flexibility index (Phi) is 6.31. The van der Waals surface area contributed by atoms with Gasteiger partial charge in [-0.2, -0.15) is 0 Å². The van der Waals surface area contributed by atoms with Gasteiger partial charge in [0.2, 0.25) is 0 Å². The topological polar surface area (TPSA) is 46.2 Å². The molecule has 0 radical (unpaired) electrons. The number of sulfonamides is 1. The van der Waals surface area contributed by atoms with Crippen LogP contribution < -0.4 is 13.4 Å². The molecule has 26 heavy (non-hydrogen) atoms. The van der Waals surface area contributed by atoms with Crippen LogP contribution in [0, 0.1) is 0 Å². The molecular weight excluding hydrogens is 405 g/mol. The molecule has 1 N–H and O–H groups in total. The molecule has 0 saturated heterocycles. The van der Waals surface area contributed by atoms with Crippen molar-refractivity contribution in [3.63, 3.8) is 0 Å². The Hall–Kier alpha value is -1.87. The summed E-state index contributed by atoms with van der Waals surface area (Å²) in [6, 6.07) is 30.5. The van der Waals surface area contributed by atoms with Gasteiger partial charge in [0.05, 0.1) is 0 Å². The standard InChI is InChI=1S/C21H22AsNO2S/c1-26(24,25)23-21(18-11-5-2-6-12-18)17-22(19-13-7-3-8-14-19)20-15-9-4-10-16-20/h2-16,21,23H,17H2,1H3/t21-/m1/s1. The molecule has 3 aromatic rings. The van der Waals surface area contributed by atoms with Crippen LogP contribution in [0.4, 0.5) is 0 Å². The number of hydrogen-bond donors (Lipinski definition) is 1.